The van der Waals surface area contributed by atoms with Crippen molar-refractivity contribution in [1.29, 1.82) is 0 Å². The number of rotatable bonds is 1. The number of methoxy groups -OCH3 is 1. The Hall–Kier alpha value is -0.0300. The number of hydrogen-bond acceptors (Lipinski definition) is 4. The van der Waals surface area contributed by atoms with Gasteiger partial charge in [0.25, 0.3) is 0 Å². The van der Waals surface area contributed by atoms with Crippen LogP contribution in [0.1, 0.15) is 12.8 Å². The molecule has 0 aromatic heterocycles. The first-order chi connectivity index (χ1) is 6.31. The molecule has 6 heteroatoms. The average molecular weight is 257 g/mol. The second-order valence-corrected chi connectivity index (χ2v) is 3.77. The first kappa shape index (κ1) is 15.0. The molecule has 2 rings (SSSR count). The van der Waals surface area contributed by atoms with E-state index in [1.807, 2.05) is 0 Å². The Balaban J connectivity index is 0.000000980. The van der Waals surface area contributed by atoms with Gasteiger partial charge >= 0.3 is 5.97 Å². The summed E-state index contributed by atoms with van der Waals surface area (Å²) < 4.78 is 4.71. The number of nitrogens with one attached hydrogen (secondary N) is 1. The van der Waals surface area contributed by atoms with Crippen molar-refractivity contribution < 1.29 is 9.53 Å². The number of carbonyl (C=O) groups excluding carboxylic acids is 1. The fourth-order valence-electron chi connectivity index (χ4n) is 2.24. The van der Waals surface area contributed by atoms with Crippen LogP contribution in [-0.4, -0.2) is 49.7 Å². The van der Waals surface area contributed by atoms with Gasteiger partial charge in [-0.25, -0.2) is 0 Å². The summed E-state index contributed by atoms with van der Waals surface area (Å²) in [4.78, 5) is 13.6. The number of nitrogens with zero attached hydrogens (tertiary/aromatic N) is 1. The fraction of sp³-hybridized carbons (Fsp3) is 0.889. The Morgan fingerprint density at radius 2 is 2.20 bits per heavy atom. The van der Waals surface area contributed by atoms with Crippen LogP contribution in [0, 0.1) is 0 Å². The van der Waals surface area contributed by atoms with Gasteiger partial charge in [-0.1, -0.05) is 0 Å². The Labute approximate surface area is 103 Å². The van der Waals surface area contributed by atoms with E-state index in [-0.39, 0.29) is 36.8 Å². The van der Waals surface area contributed by atoms with E-state index in [9.17, 15) is 4.79 Å². The van der Waals surface area contributed by atoms with Crippen LogP contribution in [0.25, 0.3) is 0 Å². The Kier molecular flexibility index (Phi) is 6.52. The van der Waals surface area contributed by atoms with Crippen molar-refractivity contribution in [3.05, 3.63) is 0 Å². The highest BCUT2D eigenvalue weighted by Gasteiger charge is 2.34. The van der Waals surface area contributed by atoms with Crippen LogP contribution < -0.4 is 5.32 Å². The van der Waals surface area contributed by atoms with Gasteiger partial charge in [-0.3, -0.25) is 9.69 Å². The normalized spacial score (nSPS) is 29.7. The molecule has 0 bridgehead atoms. The van der Waals surface area contributed by atoms with Gasteiger partial charge < -0.3 is 10.1 Å². The highest BCUT2D eigenvalue weighted by atomic mass is 35.5. The van der Waals surface area contributed by atoms with Crippen LogP contribution in [0.4, 0.5) is 0 Å². The molecule has 2 heterocycles. The minimum absolute atomic E-state index is 0. The second-order valence-electron chi connectivity index (χ2n) is 3.77. The highest BCUT2D eigenvalue weighted by Crippen LogP contribution is 2.19. The predicted octanol–water partition coefficient (Wildman–Crippen LogP) is 0.439. The van der Waals surface area contributed by atoms with Gasteiger partial charge in [0, 0.05) is 19.1 Å². The lowest BCUT2D eigenvalue weighted by Gasteiger charge is -2.34. The van der Waals surface area contributed by atoms with E-state index < -0.39 is 0 Å². The predicted molar refractivity (Wildman–Crippen MR) is 62.9 cm³/mol. The van der Waals surface area contributed by atoms with Gasteiger partial charge in [-0.05, 0) is 19.4 Å². The topological polar surface area (TPSA) is 41.6 Å². The number of carbonyl (C=O) groups is 1. The van der Waals surface area contributed by atoms with Crippen LogP contribution in [0.5, 0.6) is 0 Å². The van der Waals surface area contributed by atoms with Crippen molar-refractivity contribution in [1.82, 2.24) is 10.2 Å². The highest BCUT2D eigenvalue weighted by molar-refractivity contribution is 5.85. The molecule has 2 atom stereocenters. The number of piperazine rings is 1. The zero-order valence-corrected chi connectivity index (χ0v) is 10.4. The molecule has 2 saturated heterocycles. The van der Waals surface area contributed by atoms with Crippen LogP contribution in [-0.2, 0) is 9.53 Å². The van der Waals surface area contributed by atoms with E-state index in [0.717, 1.165) is 19.6 Å². The summed E-state index contributed by atoms with van der Waals surface area (Å²) in [5.41, 5.74) is 0. The molecule has 4 nitrogen and oxygen atoms in total. The molecule has 0 aliphatic carbocycles. The Bertz CT molecular complexity index is 216. The smallest absolute Gasteiger partial charge is 0.324 e. The molecule has 0 radical (unpaired) electrons. The van der Waals surface area contributed by atoms with E-state index in [1.165, 1.54) is 20.0 Å². The van der Waals surface area contributed by atoms with Crippen molar-refractivity contribution >= 4 is 30.8 Å². The number of ether oxygens (including phenoxy) is 1. The summed E-state index contributed by atoms with van der Waals surface area (Å²) in [7, 11) is 1.44. The summed E-state index contributed by atoms with van der Waals surface area (Å²) in [6.07, 6.45) is 2.53. The van der Waals surface area contributed by atoms with Gasteiger partial charge in [-0.2, -0.15) is 0 Å². The van der Waals surface area contributed by atoms with Gasteiger partial charge in [0.05, 0.1) is 7.11 Å². The van der Waals surface area contributed by atoms with Crippen LogP contribution >= 0.6 is 24.8 Å². The molecule has 0 saturated carbocycles. The van der Waals surface area contributed by atoms with E-state index in [2.05, 4.69) is 10.2 Å². The summed E-state index contributed by atoms with van der Waals surface area (Å²) in [5, 5.41) is 3.22. The summed E-state index contributed by atoms with van der Waals surface area (Å²) in [5.74, 6) is -0.134. The summed E-state index contributed by atoms with van der Waals surface area (Å²) in [6, 6.07) is 0.542. The SMILES string of the molecule is COC(=O)[C@@H]1CN2CCC[C@H]2CN1.Cl.Cl. The number of esters is 1. The minimum Gasteiger partial charge on any atom is -0.468 e. The minimum atomic E-state index is -0.134. The van der Waals surface area contributed by atoms with Crippen LogP contribution in [0.2, 0.25) is 0 Å². The number of halogens is 2. The maximum absolute atomic E-state index is 11.2. The van der Waals surface area contributed by atoms with E-state index in [4.69, 9.17) is 4.74 Å². The quantitative estimate of drug-likeness (QED) is 0.692. The maximum Gasteiger partial charge on any atom is 0.324 e. The summed E-state index contributed by atoms with van der Waals surface area (Å²) >= 11 is 0. The van der Waals surface area contributed by atoms with Gasteiger partial charge in [0.1, 0.15) is 6.04 Å². The standard InChI is InChI=1S/C9H16N2O2.2ClH/c1-13-9(12)8-6-11-4-2-3-7(11)5-10-8;;/h7-8,10H,2-6H2,1H3;2*1H/t7-,8-;;/m0../s1. The lowest BCUT2D eigenvalue weighted by Crippen LogP contribution is -2.57. The molecule has 0 spiro atoms. The van der Waals surface area contributed by atoms with Crippen molar-refractivity contribution in [2.75, 3.05) is 26.7 Å². The van der Waals surface area contributed by atoms with Crippen molar-refractivity contribution in [3.63, 3.8) is 0 Å². The van der Waals surface area contributed by atoms with E-state index in [0.29, 0.717) is 6.04 Å². The molecule has 90 valence electrons. The van der Waals surface area contributed by atoms with Gasteiger partial charge in [0.2, 0.25) is 0 Å². The molecule has 2 aliphatic heterocycles. The van der Waals surface area contributed by atoms with Crippen LogP contribution in [0.3, 0.4) is 0 Å². The molecule has 2 fully saturated rings. The van der Waals surface area contributed by atoms with Crippen molar-refractivity contribution in [2.45, 2.75) is 24.9 Å². The molecule has 15 heavy (non-hydrogen) atoms. The molecular formula is C9H18Cl2N2O2. The number of fused-ring (bicyclic) bond motifs is 1. The number of hydrogen-bond donors (Lipinski definition) is 1. The Morgan fingerprint density at radius 3 is 2.87 bits per heavy atom. The summed E-state index contributed by atoms with van der Waals surface area (Å²) in [6.45, 7) is 2.89. The lowest BCUT2D eigenvalue weighted by atomic mass is 10.1. The van der Waals surface area contributed by atoms with E-state index in [1.54, 1.807) is 0 Å². The molecule has 0 aromatic carbocycles. The van der Waals surface area contributed by atoms with Gasteiger partial charge in [0.15, 0.2) is 0 Å². The fourth-order valence-corrected chi connectivity index (χ4v) is 2.24. The third-order valence-electron chi connectivity index (χ3n) is 3.00. The molecule has 0 amide bonds. The van der Waals surface area contributed by atoms with E-state index >= 15 is 0 Å². The monoisotopic (exact) mass is 256 g/mol. The molecule has 0 aromatic rings. The lowest BCUT2D eigenvalue weighted by molar-refractivity contribution is -0.144. The molecule has 0 unspecified atom stereocenters. The largest absolute Gasteiger partial charge is 0.468 e. The van der Waals surface area contributed by atoms with Crippen molar-refractivity contribution in [3.8, 4) is 0 Å². The molecule has 1 N–H and O–H groups in total. The third kappa shape index (κ3) is 3.21. The van der Waals surface area contributed by atoms with Crippen molar-refractivity contribution in [2.24, 2.45) is 0 Å². The zero-order chi connectivity index (χ0) is 9.26. The second kappa shape index (κ2) is 6.53. The van der Waals surface area contributed by atoms with Crippen LogP contribution in [0.15, 0.2) is 0 Å². The first-order valence-corrected chi connectivity index (χ1v) is 4.86. The third-order valence-corrected chi connectivity index (χ3v) is 3.00. The zero-order valence-electron chi connectivity index (χ0n) is 8.77. The molecular weight excluding hydrogens is 239 g/mol. The maximum atomic E-state index is 11.2. The first-order valence-electron chi connectivity index (χ1n) is 4.86. The average Bonchev–Trinajstić information content (AvgIpc) is 2.63. The molecule has 2 aliphatic rings. The Morgan fingerprint density at radius 1 is 1.47 bits per heavy atom. The van der Waals surface area contributed by atoms with Gasteiger partial charge in [-0.15, -0.1) is 24.8 Å².